The molecule has 3 heteroatoms. The van der Waals surface area contributed by atoms with Crippen LogP contribution in [-0.2, 0) is 17.8 Å². The minimum Gasteiger partial charge on any atom is -0.507 e. The predicted octanol–water partition coefficient (Wildman–Crippen LogP) is 1.89. The van der Waals surface area contributed by atoms with Crippen LogP contribution in [-0.4, -0.2) is 30.4 Å². The van der Waals surface area contributed by atoms with Gasteiger partial charge in [0.15, 0.2) is 0 Å². The molecule has 88 valence electrons. The highest BCUT2D eigenvalue weighted by molar-refractivity contribution is 5.52. The summed E-state index contributed by atoms with van der Waals surface area (Å²) < 4.78 is 0. The molecule has 3 nitrogen and oxygen atoms in total. The lowest BCUT2D eigenvalue weighted by atomic mass is 10.00. The molecule has 0 aliphatic heterocycles. The molecule has 0 saturated carbocycles. The molecule has 0 aliphatic carbocycles. The molecule has 0 bridgehead atoms. The number of hydrogen-bond donors (Lipinski definition) is 1. The summed E-state index contributed by atoms with van der Waals surface area (Å²) in [6.45, 7) is 2.70. The second kappa shape index (κ2) is 5.66. The molecule has 0 saturated heterocycles. The van der Waals surface area contributed by atoms with E-state index in [1.54, 1.807) is 0 Å². The van der Waals surface area contributed by atoms with Crippen LogP contribution >= 0.6 is 0 Å². The van der Waals surface area contributed by atoms with Gasteiger partial charge < -0.3 is 14.8 Å². The molecular weight excluding hydrogens is 202 g/mol. The third-order valence-corrected chi connectivity index (χ3v) is 2.61. The van der Waals surface area contributed by atoms with Crippen LogP contribution in [0.4, 0.5) is 0 Å². The summed E-state index contributed by atoms with van der Waals surface area (Å²) >= 11 is 0. The first-order valence-electron chi connectivity index (χ1n) is 5.45. The van der Waals surface area contributed by atoms with E-state index in [0.717, 1.165) is 23.0 Å². The van der Waals surface area contributed by atoms with Crippen molar-refractivity contribution in [3.8, 4) is 5.75 Å². The monoisotopic (exact) mass is 221 g/mol. The highest BCUT2D eigenvalue weighted by Gasteiger charge is 2.10. The number of aldehydes is 1. The van der Waals surface area contributed by atoms with E-state index in [-0.39, 0.29) is 0 Å². The van der Waals surface area contributed by atoms with E-state index in [4.69, 9.17) is 0 Å². The number of carbonyl (C=O) groups is 1. The second-order valence-corrected chi connectivity index (χ2v) is 4.31. The third kappa shape index (κ3) is 3.07. The van der Waals surface area contributed by atoms with Crippen molar-refractivity contribution in [2.45, 2.75) is 26.3 Å². The van der Waals surface area contributed by atoms with Crippen LogP contribution in [0.25, 0.3) is 0 Å². The van der Waals surface area contributed by atoms with Crippen molar-refractivity contribution in [3.63, 3.8) is 0 Å². The normalized spacial score (nSPS) is 10.8. The molecule has 0 fully saturated rings. The Morgan fingerprint density at radius 2 is 2.06 bits per heavy atom. The number of phenols is 1. The Morgan fingerprint density at radius 3 is 2.62 bits per heavy atom. The van der Waals surface area contributed by atoms with Gasteiger partial charge in [-0.3, -0.25) is 0 Å². The topological polar surface area (TPSA) is 40.5 Å². The molecule has 0 aromatic heterocycles. The standard InChI is InChI=1S/C13H19NO2/c1-10-6-7-11(5-4-8-15)13(16)12(10)9-14(2)3/h6-8,16H,4-5,9H2,1-3H3. The number of benzene rings is 1. The first-order valence-corrected chi connectivity index (χ1v) is 5.45. The zero-order chi connectivity index (χ0) is 12.1. The maximum atomic E-state index is 10.3. The van der Waals surface area contributed by atoms with Gasteiger partial charge in [-0.2, -0.15) is 0 Å². The van der Waals surface area contributed by atoms with Crippen molar-refractivity contribution in [2.75, 3.05) is 14.1 Å². The van der Waals surface area contributed by atoms with Crippen LogP contribution in [0.1, 0.15) is 23.1 Å². The van der Waals surface area contributed by atoms with Crippen molar-refractivity contribution >= 4 is 6.29 Å². The Hall–Kier alpha value is -1.35. The Balaban J connectivity index is 3.00. The smallest absolute Gasteiger partial charge is 0.123 e. The van der Waals surface area contributed by atoms with E-state index >= 15 is 0 Å². The van der Waals surface area contributed by atoms with E-state index in [1.807, 2.05) is 38.1 Å². The molecule has 16 heavy (non-hydrogen) atoms. The lowest BCUT2D eigenvalue weighted by molar-refractivity contribution is -0.107. The van der Waals surface area contributed by atoms with Gasteiger partial charge in [-0.05, 0) is 38.6 Å². The predicted molar refractivity (Wildman–Crippen MR) is 64.6 cm³/mol. The molecule has 0 spiro atoms. The van der Waals surface area contributed by atoms with Crippen LogP contribution in [0, 0.1) is 6.92 Å². The van der Waals surface area contributed by atoms with E-state index in [2.05, 4.69) is 0 Å². The van der Waals surface area contributed by atoms with Gasteiger partial charge in [0.05, 0.1) is 0 Å². The third-order valence-electron chi connectivity index (χ3n) is 2.61. The average molecular weight is 221 g/mol. The number of phenolic OH excluding ortho intramolecular Hbond substituents is 1. The van der Waals surface area contributed by atoms with Crippen LogP contribution in [0.5, 0.6) is 5.75 Å². The van der Waals surface area contributed by atoms with Gasteiger partial charge in [-0.15, -0.1) is 0 Å². The first-order chi connectivity index (χ1) is 7.56. The summed E-state index contributed by atoms with van der Waals surface area (Å²) in [6, 6.07) is 3.89. The van der Waals surface area contributed by atoms with Crippen LogP contribution in [0.2, 0.25) is 0 Å². The Morgan fingerprint density at radius 1 is 1.38 bits per heavy atom. The lowest BCUT2D eigenvalue weighted by Crippen LogP contribution is -2.12. The minimum atomic E-state index is 0.343. The zero-order valence-corrected chi connectivity index (χ0v) is 10.2. The molecule has 0 radical (unpaired) electrons. The van der Waals surface area contributed by atoms with Crippen molar-refractivity contribution in [3.05, 3.63) is 28.8 Å². The summed E-state index contributed by atoms with van der Waals surface area (Å²) in [4.78, 5) is 12.3. The highest BCUT2D eigenvalue weighted by atomic mass is 16.3. The average Bonchev–Trinajstić information content (AvgIpc) is 2.23. The summed E-state index contributed by atoms with van der Waals surface area (Å²) in [7, 11) is 3.94. The molecule has 1 aromatic rings. The number of aryl methyl sites for hydroxylation is 2. The molecular formula is C13H19NO2. The quantitative estimate of drug-likeness (QED) is 0.772. The number of rotatable bonds is 5. The van der Waals surface area contributed by atoms with Gasteiger partial charge in [0.2, 0.25) is 0 Å². The Kier molecular flexibility index (Phi) is 4.50. The van der Waals surface area contributed by atoms with E-state index < -0.39 is 0 Å². The van der Waals surface area contributed by atoms with Crippen LogP contribution < -0.4 is 0 Å². The first kappa shape index (κ1) is 12.7. The fourth-order valence-electron chi connectivity index (χ4n) is 1.72. The van der Waals surface area contributed by atoms with Crippen molar-refractivity contribution in [1.82, 2.24) is 4.90 Å². The van der Waals surface area contributed by atoms with E-state index in [0.29, 0.717) is 25.1 Å². The molecule has 0 amide bonds. The van der Waals surface area contributed by atoms with Gasteiger partial charge in [-0.1, -0.05) is 12.1 Å². The minimum absolute atomic E-state index is 0.343. The molecule has 1 aromatic carbocycles. The van der Waals surface area contributed by atoms with Gasteiger partial charge >= 0.3 is 0 Å². The maximum absolute atomic E-state index is 10.3. The van der Waals surface area contributed by atoms with Crippen molar-refractivity contribution in [1.29, 1.82) is 0 Å². The number of nitrogens with zero attached hydrogens (tertiary/aromatic N) is 1. The summed E-state index contributed by atoms with van der Waals surface area (Å²) in [5.41, 5.74) is 2.89. The Bertz CT molecular complexity index is 372. The fourth-order valence-corrected chi connectivity index (χ4v) is 1.72. The van der Waals surface area contributed by atoms with Gasteiger partial charge in [-0.25, -0.2) is 0 Å². The van der Waals surface area contributed by atoms with Crippen molar-refractivity contribution in [2.24, 2.45) is 0 Å². The summed E-state index contributed by atoms with van der Waals surface area (Å²) in [5.74, 6) is 0.343. The van der Waals surface area contributed by atoms with Crippen molar-refractivity contribution < 1.29 is 9.90 Å². The molecule has 1 rings (SSSR count). The number of carbonyl (C=O) groups excluding carboxylic acids is 1. The lowest BCUT2D eigenvalue weighted by Gasteiger charge is -2.16. The largest absolute Gasteiger partial charge is 0.507 e. The van der Waals surface area contributed by atoms with Gasteiger partial charge in [0.1, 0.15) is 12.0 Å². The molecule has 0 aliphatic rings. The highest BCUT2D eigenvalue weighted by Crippen LogP contribution is 2.27. The van der Waals surface area contributed by atoms with Gasteiger partial charge in [0, 0.05) is 18.5 Å². The number of hydrogen-bond acceptors (Lipinski definition) is 3. The second-order valence-electron chi connectivity index (χ2n) is 4.31. The van der Waals surface area contributed by atoms with Crippen LogP contribution in [0.15, 0.2) is 12.1 Å². The summed E-state index contributed by atoms with van der Waals surface area (Å²) in [6.07, 6.45) is 1.94. The molecule has 0 heterocycles. The number of aromatic hydroxyl groups is 1. The molecule has 0 unspecified atom stereocenters. The van der Waals surface area contributed by atoms with Crippen LogP contribution in [0.3, 0.4) is 0 Å². The van der Waals surface area contributed by atoms with Gasteiger partial charge in [0.25, 0.3) is 0 Å². The molecule has 1 N–H and O–H groups in total. The fraction of sp³-hybridized carbons (Fsp3) is 0.462. The van der Waals surface area contributed by atoms with E-state index in [1.165, 1.54) is 0 Å². The Labute approximate surface area is 96.7 Å². The molecule has 0 atom stereocenters. The SMILES string of the molecule is Cc1ccc(CCC=O)c(O)c1CN(C)C. The van der Waals surface area contributed by atoms with E-state index in [9.17, 15) is 9.90 Å². The maximum Gasteiger partial charge on any atom is 0.123 e. The summed E-state index contributed by atoms with van der Waals surface area (Å²) in [5, 5.41) is 10.1. The zero-order valence-electron chi connectivity index (χ0n) is 10.2.